The molecule has 10 heteroatoms. The van der Waals surface area contributed by atoms with Gasteiger partial charge in [-0.15, -0.1) is 12.4 Å². The van der Waals surface area contributed by atoms with Gasteiger partial charge in [0.25, 0.3) is 5.56 Å². The first-order valence-electron chi connectivity index (χ1n) is 9.02. The highest BCUT2D eigenvalue weighted by atomic mass is 127. The predicted molar refractivity (Wildman–Crippen MR) is 124 cm³/mol. The van der Waals surface area contributed by atoms with Gasteiger partial charge in [0.05, 0.1) is 16.6 Å². The van der Waals surface area contributed by atoms with Crippen LogP contribution in [0.4, 0.5) is 30.2 Å². The lowest BCUT2D eigenvalue weighted by molar-refractivity contribution is -0.137. The standard InChI is InChI=1S/C20H18F3IN4O.ClH/c21-20(22,23)11-1-3-13(4-2-11)27-17-8-14(28-6-5-12(25)10-28)7-15-16(24)9-26-19(29)18(15)17;/h1-4,7-9,12,27H,5-6,10,25H2,(H,26,29);1H/t12-;/m1./s1. The summed E-state index contributed by atoms with van der Waals surface area (Å²) in [7, 11) is 0. The van der Waals surface area contributed by atoms with E-state index in [0.29, 0.717) is 23.3 Å². The third-order valence-corrected chi connectivity index (χ3v) is 5.91. The van der Waals surface area contributed by atoms with Gasteiger partial charge < -0.3 is 20.9 Å². The van der Waals surface area contributed by atoms with E-state index in [-0.39, 0.29) is 24.0 Å². The van der Waals surface area contributed by atoms with Crippen LogP contribution in [0.3, 0.4) is 0 Å². The van der Waals surface area contributed by atoms with Gasteiger partial charge in [0.1, 0.15) is 0 Å². The molecular formula is C20H19ClF3IN4O. The molecule has 0 spiro atoms. The number of fused-ring (bicyclic) bond motifs is 1. The summed E-state index contributed by atoms with van der Waals surface area (Å²) in [6.45, 7) is 1.52. The molecule has 2 aromatic carbocycles. The summed E-state index contributed by atoms with van der Waals surface area (Å²) in [4.78, 5) is 17.4. The number of hydrogen-bond donors (Lipinski definition) is 3. The Balaban J connectivity index is 0.00000256. The Kier molecular flexibility index (Phi) is 6.54. The minimum absolute atomic E-state index is 0. The minimum Gasteiger partial charge on any atom is -0.370 e. The van der Waals surface area contributed by atoms with Crippen molar-refractivity contribution in [2.45, 2.75) is 18.6 Å². The highest BCUT2D eigenvalue weighted by Gasteiger charge is 2.30. The van der Waals surface area contributed by atoms with Gasteiger partial charge in [-0.2, -0.15) is 13.2 Å². The van der Waals surface area contributed by atoms with Crippen molar-refractivity contribution in [3.63, 3.8) is 0 Å². The van der Waals surface area contributed by atoms with Gasteiger partial charge in [-0.1, -0.05) is 0 Å². The Hall–Kier alpha value is -1.98. The van der Waals surface area contributed by atoms with E-state index >= 15 is 0 Å². The highest BCUT2D eigenvalue weighted by Crippen LogP contribution is 2.34. The van der Waals surface area contributed by atoms with Gasteiger partial charge in [-0.25, -0.2) is 0 Å². The first-order chi connectivity index (χ1) is 13.7. The summed E-state index contributed by atoms with van der Waals surface area (Å²) >= 11 is 2.15. The SMILES string of the molecule is Cl.N[C@@H]1CCN(c2cc(Nc3ccc(C(F)(F)F)cc3)c3c(=O)[nH]cc(I)c3c2)C1. The maximum absolute atomic E-state index is 12.8. The van der Waals surface area contributed by atoms with Crippen molar-refractivity contribution in [1.29, 1.82) is 0 Å². The molecule has 4 N–H and O–H groups in total. The van der Waals surface area contributed by atoms with Crippen LogP contribution in [-0.4, -0.2) is 24.1 Å². The number of alkyl halides is 3. The van der Waals surface area contributed by atoms with Crippen molar-refractivity contribution in [3.8, 4) is 0 Å². The number of nitrogens with one attached hydrogen (secondary N) is 2. The fourth-order valence-corrected chi connectivity index (χ4v) is 4.12. The first kappa shape index (κ1) is 22.7. The van der Waals surface area contributed by atoms with Crippen LogP contribution >= 0.6 is 35.0 Å². The lowest BCUT2D eigenvalue weighted by Crippen LogP contribution is -2.26. The lowest BCUT2D eigenvalue weighted by atomic mass is 10.1. The zero-order valence-corrected chi connectivity index (χ0v) is 18.6. The first-order valence-corrected chi connectivity index (χ1v) is 10.1. The molecular weight excluding hydrogens is 532 g/mol. The van der Waals surface area contributed by atoms with Gasteiger partial charge >= 0.3 is 6.18 Å². The number of nitrogens with two attached hydrogens (primary N) is 1. The van der Waals surface area contributed by atoms with Gasteiger partial charge in [0, 0.05) is 45.7 Å². The second-order valence-electron chi connectivity index (χ2n) is 7.08. The summed E-state index contributed by atoms with van der Waals surface area (Å²) in [5.74, 6) is 0. The lowest BCUT2D eigenvalue weighted by Gasteiger charge is -2.21. The Morgan fingerprint density at radius 3 is 2.50 bits per heavy atom. The van der Waals surface area contributed by atoms with Crippen LogP contribution in [0.25, 0.3) is 10.8 Å². The van der Waals surface area contributed by atoms with Gasteiger partial charge in [-0.05, 0) is 65.4 Å². The molecule has 30 heavy (non-hydrogen) atoms. The van der Waals surface area contributed by atoms with Crippen LogP contribution < -0.4 is 21.5 Å². The number of benzene rings is 2. The molecule has 1 atom stereocenters. The van der Waals surface area contributed by atoms with Crippen molar-refractivity contribution < 1.29 is 13.2 Å². The molecule has 0 saturated carbocycles. The normalized spacial score (nSPS) is 16.6. The number of rotatable bonds is 3. The molecule has 0 radical (unpaired) electrons. The molecule has 2 heterocycles. The van der Waals surface area contributed by atoms with Gasteiger partial charge in [-0.3, -0.25) is 4.79 Å². The summed E-state index contributed by atoms with van der Waals surface area (Å²) in [6, 6.07) is 8.65. The van der Waals surface area contributed by atoms with Crippen LogP contribution in [0.1, 0.15) is 12.0 Å². The zero-order valence-electron chi connectivity index (χ0n) is 15.6. The molecule has 0 aliphatic carbocycles. The van der Waals surface area contributed by atoms with E-state index in [1.54, 1.807) is 6.20 Å². The fourth-order valence-electron chi connectivity index (χ4n) is 3.54. The molecule has 5 nitrogen and oxygen atoms in total. The molecule has 3 aromatic rings. The molecule has 1 saturated heterocycles. The second-order valence-corrected chi connectivity index (χ2v) is 8.24. The number of H-pyrrole nitrogens is 1. The van der Waals surface area contributed by atoms with E-state index in [2.05, 4.69) is 37.8 Å². The largest absolute Gasteiger partial charge is 0.416 e. The molecule has 1 aliphatic rings. The maximum Gasteiger partial charge on any atom is 0.416 e. The number of nitrogens with zero attached hydrogens (tertiary/aromatic N) is 1. The number of pyridine rings is 1. The number of anilines is 3. The van der Waals surface area contributed by atoms with E-state index in [9.17, 15) is 18.0 Å². The molecule has 4 rings (SSSR count). The maximum atomic E-state index is 12.8. The Bertz CT molecular complexity index is 1120. The summed E-state index contributed by atoms with van der Waals surface area (Å²) < 4.78 is 39.4. The zero-order chi connectivity index (χ0) is 20.8. The van der Waals surface area contributed by atoms with Crippen LogP contribution in [0.2, 0.25) is 0 Å². The van der Waals surface area contributed by atoms with Crippen molar-refractivity contribution in [2.24, 2.45) is 5.73 Å². The Morgan fingerprint density at radius 1 is 1.20 bits per heavy atom. The van der Waals surface area contributed by atoms with Gasteiger partial charge in [0.2, 0.25) is 0 Å². The number of halogens is 5. The molecule has 1 aliphatic heterocycles. The van der Waals surface area contributed by atoms with Crippen LogP contribution in [-0.2, 0) is 6.18 Å². The van der Waals surface area contributed by atoms with Crippen molar-refractivity contribution in [1.82, 2.24) is 4.98 Å². The van der Waals surface area contributed by atoms with E-state index in [0.717, 1.165) is 39.7 Å². The van der Waals surface area contributed by atoms with Crippen molar-refractivity contribution in [3.05, 3.63) is 62.1 Å². The second kappa shape index (κ2) is 8.64. The minimum atomic E-state index is -4.40. The molecule has 160 valence electrons. The molecule has 0 unspecified atom stereocenters. The third-order valence-electron chi connectivity index (χ3n) is 5.02. The van der Waals surface area contributed by atoms with Gasteiger partial charge in [0.15, 0.2) is 0 Å². The highest BCUT2D eigenvalue weighted by molar-refractivity contribution is 14.1. The molecule has 0 bridgehead atoms. The number of aromatic amines is 1. The fraction of sp³-hybridized carbons (Fsp3) is 0.250. The average molecular weight is 551 g/mol. The summed E-state index contributed by atoms with van der Waals surface area (Å²) in [5, 5.41) is 4.36. The number of aromatic nitrogens is 1. The predicted octanol–water partition coefficient (Wildman–Crippen LogP) is 4.85. The smallest absolute Gasteiger partial charge is 0.370 e. The third kappa shape index (κ3) is 4.52. The van der Waals surface area contributed by atoms with E-state index in [4.69, 9.17) is 5.73 Å². The number of hydrogen-bond acceptors (Lipinski definition) is 4. The topological polar surface area (TPSA) is 74.2 Å². The summed E-state index contributed by atoms with van der Waals surface area (Å²) in [5.41, 5.74) is 6.97. The van der Waals surface area contributed by atoms with Crippen LogP contribution in [0.15, 0.2) is 47.4 Å². The van der Waals surface area contributed by atoms with E-state index in [1.807, 2.05) is 12.1 Å². The van der Waals surface area contributed by atoms with Crippen molar-refractivity contribution >= 4 is 62.8 Å². The monoisotopic (exact) mass is 550 g/mol. The Labute approximate surface area is 190 Å². The van der Waals surface area contributed by atoms with Crippen LogP contribution in [0.5, 0.6) is 0 Å². The Morgan fingerprint density at radius 2 is 1.90 bits per heavy atom. The molecule has 1 fully saturated rings. The van der Waals surface area contributed by atoms with Crippen molar-refractivity contribution in [2.75, 3.05) is 23.3 Å². The molecule has 1 aromatic heterocycles. The van der Waals surface area contributed by atoms with E-state index < -0.39 is 11.7 Å². The summed E-state index contributed by atoms with van der Waals surface area (Å²) in [6.07, 6.45) is -1.87. The quantitative estimate of drug-likeness (QED) is 0.408. The average Bonchev–Trinajstić information content (AvgIpc) is 3.10. The van der Waals surface area contributed by atoms with Crippen LogP contribution in [0, 0.1) is 3.57 Å². The van der Waals surface area contributed by atoms with E-state index in [1.165, 1.54) is 12.1 Å². The molecule has 0 amide bonds.